The largest absolute Gasteiger partial charge is 0.338 e. The minimum atomic E-state index is -0.263. The van der Waals surface area contributed by atoms with Crippen molar-refractivity contribution in [3.63, 3.8) is 0 Å². The number of benzene rings is 2. The lowest BCUT2D eigenvalue weighted by Crippen LogP contribution is -2.54. The van der Waals surface area contributed by atoms with Crippen LogP contribution in [-0.4, -0.2) is 57.3 Å². The van der Waals surface area contributed by atoms with Gasteiger partial charge in [0.05, 0.1) is 11.0 Å². The average molecular weight is 489 g/mol. The molecule has 2 aromatic heterocycles. The van der Waals surface area contributed by atoms with E-state index in [9.17, 15) is 14.0 Å². The molecule has 4 heterocycles. The van der Waals surface area contributed by atoms with E-state index in [2.05, 4.69) is 4.98 Å². The van der Waals surface area contributed by atoms with Gasteiger partial charge in [0.1, 0.15) is 11.5 Å². The minimum absolute atomic E-state index is 0.0266. The van der Waals surface area contributed by atoms with E-state index in [4.69, 9.17) is 0 Å². The predicted molar refractivity (Wildman–Crippen MR) is 133 cm³/mol. The molecule has 0 unspecified atom stereocenters. The summed E-state index contributed by atoms with van der Waals surface area (Å²) < 4.78 is 15.3. The molecule has 0 N–H and O–H groups in total. The monoisotopic (exact) mass is 488 g/mol. The highest BCUT2D eigenvalue weighted by Gasteiger charge is 2.38. The molecule has 0 spiro atoms. The minimum Gasteiger partial charge on any atom is -0.338 e. The van der Waals surface area contributed by atoms with Gasteiger partial charge in [0.25, 0.3) is 11.8 Å². The van der Waals surface area contributed by atoms with Gasteiger partial charge in [-0.05, 0) is 73.2 Å². The van der Waals surface area contributed by atoms with Gasteiger partial charge in [-0.15, -0.1) is 11.3 Å². The second-order valence-electron chi connectivity index (χ2n) is 9.41. The Bertz CT molecular complexity index is 1370. The van der Waals surface area contributed by atoms with Gasteiger partial charge in [0, 0.05) is 54.4 Å². The normalized spacial score (nSPS) is 17.1. The molecule has 35 heavy (non-hydrogen) atoms. The van der Waals surface area contributed by atoms with Gasteiger partial charge in [-0.25, -0.2) is 9.37 Å². The number of hydrogen-bond donors (Lipinski definition) is 0. The van der Waals surface area contributed by atoms with Gasteiger partial charge in [-0.2, -0.15) is 0 Å². The van der Waals surface area contributed by atoms with Crippen LogP contribution in [0.1, 0.15) is 33.7 Å². The first-order chi connectivity index (χ1) is 17.1. The summed E-state index contributed by atoms with van der Waals surface area (Å²) in [4.78, 5) is 33.6. The van der Waals surface area contributed by atoms with E-state index < -0.39 is 0 Å². The van der Waals surface area contributed by atoms with E-state index in [1.165, 1.54) is 23.5 Å². The number of fused-ring (bicyclic) bond motifs is 1. The highest BCUT2D eigenvalue weighted by atomic mass is 32.1. The number of likely N-dealkylation sites (tertiary alicyclic amines) is 2. The van der Waals surface area contributed by atoms with Crippen molar-refractivity contribution in [2.24, 2.45) is 11.8 Å². The Morgan fingerprint density at radius 1 is 0.914 bits per heavy atom. The summed E-state index contributed by atoms with van der Waals surface area (Å²) in [6, 6.07) is 14.1. The maximum Gasteiger partial charge on any atom is 0.273 e. The van der Waals surface area contributed by atoms with Crippen LogP contribution in [0.3, 0.4) is 0 Å². The number of nitrogens with zero attached hydrogens (tertiary/aromatic N) is 4. The molecule has 0 bridgehead atoms. The van der Waals surface area contributed by atoms with E-state index in [-0.39, 0.29) is 17.6 Å². The average Bonchev–Trinajstić information content (AvgIpc) is 3.54. The standard InChI is InChI=1S/C27H25FN4O2S/c28-22-2-4-23(5-3-22)32-12-9-19-13-20(1-6-25(19)32)26(33)31-14-21(15-31)18-7-10-30(11-8-18)27(34)24-16-35-17-29-24/h1-6,9,12-13,16-18,21H,7-8,10-11,14-15H2. The van der Waals surface area contributed by atoms with Gasteiger partial charge in [0.2, 0.25) is 0 Å². The molecule has 4 aromatic rings. The lowest BCUT2D eigenvalue weighted by molar-refractivity contribution is 0.0227. The maximum absolute atomic E-state index is 13.3. The molecule has 0 aliphatic carbocycles. The zero-order valence-electron chi connectivity index (χ0n) is 19.1. The molecule has 0 atom stereocenters. The van der Waals surface area contributed by atoms with Gasteiger partial charge in [0.15, 0.2) is 0 Å². The van der Waals surface area contributed by atoms with Crippen LogP contribution in [0.15, 0.2) is 65.6 Å². The third-order valence-corrected chi connectivity index (χ3v) is 7.97. The van der Waals surface area contributed by atoms with Crippen molar-refractivity contribution in [2.45, 2.75) is 12.8 Å². The molecule has 2 amide bonds. The molecule has 0 radical (unpaired) electrons. The predicted octanol–water partition coefficient (Wildman–Crippen LogP) is 4.85. The van der Waals surface area contributed by atoms with Crippen molar-refractivity contribution < 1.29 is 14.0 Å². The maximum atomic E-state index is 13.3. The first-order valence-electron chi connectivity index (χ1n) is 11.9. The SMILES string of the molecule is O=C(c1ccc2c(ccn2-c2ccc(F)cc2)c1)N1CC(C2CCN(C(=O)c3cscn3)CC2)C1. The van der Waals surface area contributed by atoms with Crippen LogP contribution in [0.25, 0.3) is 16.6 Å². The van der Waals surface area contributed by atoms with Crippen molar-refractivity contribution in [1.82, 2.24) is 19.4 Å². The number of aromatic nitrogens is 2. The van der Waals surface area contributed by atoms with Gasteiger partial charge in [-0.1, -0.05) is 0 Å². The zero-order valence-corrected chi connectivity index (χ0v) is 20.0. The number of halogens is 1. The first kappa shape index (κ1) is 22.0. The summed E-state index contributed by atoms with van der Waals surface area (Å²) in [6.45, 7) is 3.07. The smallest absolute Gasteiger partial charge is 0.273 e. The molecule has 0 saturated carbocycles. The number of hydrogen-bond acceptors (Lipinski definition) is 4. The van der Waals surface area contributed by atoms with E-state index in [1.807, 2.05) is 44.8 Å². The molecule has 178 valence electrons. The van der Waals surface area contributed by atoms with E-state index in [1.54, 1.807) is 23.0 Å². The van der Waals surface area contributed by atoms with Crippen molar-refractivity contribution in [3.05, 3.63) is 82.7 Å². The second-order valence-corrected chi connectivity index (χ2v) is 10.1. The Hall–Kier alpha value is -3.52. The van der Waals surface area contributed by atoms with Crippen LogP contribution >= 0.6 is 11.3 Å². The van der Waals surface area contributed by atoms with Crippen molar-refractivity contribution in [1.29, 1.82) is 0 Å². The number of amides is 2. The molecular formula is C27H25FN4O2S. The molecule has 2 aliphatic heterocycles. The molecule has 8 heteroatoms. The van der Waals surface area contributed by atoms with E-state index in [0.717, 1.165) is 55.6 Å². The van der Waals surface area contributed by atoms with Crippen molar-refractivity contribution in [3.8, 4) is 5.69 Å². The van der Waals surface area contributed by atoms with Crippen LogP contribution in [0.2, 0.25) is 0 Å². The number of rotatable bonds is 4. The molecule has 2 saturated heterocycles. The van der Waals surface area contributed by atoms with Crippen molar-refractivity contribution in [2.75, 3.05) is 26.2 Å². The second kappa shape index (κ2) is 8.92. The molecule has 6 nitrogen and oxygen atoms in total. The summed E-state index contributed by atoms with van der Waals surface area (Å²) in [5.74, 6) is 0.873. The Kier molecular flexibility index (Phi) is 5.60. The zero-order chi connectivity index (χ0) is 23.9. The molecule has 2 aromatic carbocycles. The number of piperidine rings is 1. The summed E-state index contributed by atoms with van der Waals surface area (Å²) in [5, 5.41) is 2.79. The Morgan fingerprint density at radius 3 is 2.40 bits per heavy atom. The van der Waals surface area contributed by atoms with Gasteiger partial charge < -0.3 is 14.4 Å². The van der Waals surface area contributed by atoms with Crippen LogP contribution < -0.4 is 0 Å². The topological polar surface area (TPSA) is 58.4 Å². The lowest BCUT2D eigenvalue weighted by Gasteiger charge is -2.46. The van der Waals surface area contributed by atoms with Gasteiger partial charge >= 0.3 is 0 Å². The highest BCUT2D eigenvalue weighted by Crippen LogP contribution is 2.33. The Labute approximate surface area is 206 Å². The summed E-state index contributed by atoms with van der Waals surface area (Å²) in [5.41, 5.74) is 4.79. The number of carbonyl (C=O) groups excluding carboxylic acids is 2. The third-order valence-electron chi connectivity index (χ3n) is 7.38. The Morgan fingerprint density at radius 2 is 1.69 bits per heavy atom. The van der Waals surface area contributed by atoms with Gasteiger partial charge in [-0.3, -0.25) is 9.59 Å². The highest BCUT2D eigenvalue weighted by molar-refractivity contribution is 7.07. The summed E-state index contributed by atoms with van der Waals surface area (Å²) in [7, 11) is 0. The van der Waals surface area contributed by atoms with Crippen LogP contribution in [0.4, 0.5) is 4.39 Å². The van der Waals surface area contributed by atoms with Crippen LogP contribution in [0.5, 0.6) is 0 Å². The quantitative estimate of drug-likeness (QED) is 0.413. The molecule has 6 rings (SSSR count). The fourth-order valence-corrected chi connectivity index (χ4v) is 5.84. The first-order valence-corrected chi connectivity index (χ1v) is 12.8. The van der Waals surface area contributed by atoms with E-state index in [0.29, 0.717) is 23.1 Å². The van der Waals surface area contributed by atoms with Crippen LogP contribution in [-0.2, 0) is 0 Å². The summed E-state index contributed by atoms with van der Waals surface area (Å²) in [6.07, 6.45) is 3.90. The fourth-order valence-electron chi connectivity index (χ4n) is 5.32. The number of thiazole rings is 1. The lowest BCUT2D eigenvalue weighted by atomic mass is 9.79. The summed E-state index contributed by atoms with van der Waals surface area (Å²) >= 11 is 1.44. The van der Waals surface area contributed by atoms with E-state index >= 15 is 0 Å². The molecular weight excluding hydrogens is 463 g/mol. The Balaban J connectivity index is 1.06. The molecule has 2 aliphatic rings. The molecule has 2 fully saturated rings. The van der Waals surface area contributed by atoms with Crippen molar-refractivity contribution >= 4 is 34.1 Å². The third kappa shape index (κ3) is 4.12. The fraction of sp³-hybridized carbons (Fsp3) is 0.296. The number of carbonyl (C=O) groups is 2. The van der Waals surface area contributed by atoms with Crippen LogP contribution in [0, 0.1) is 17.7 Å².